The minimum absolute atomic E-state index is 0.108. The van der Waals surface area contributed by atoms with Crippen molar-refractivity contribution in [2.24, 2.45) is 0 Å². The molecule has 0 fully saturated rings. The molecule has 0 saturated carbocycles. The van der Waals surface area contributed by atoms with Gasteiger partial charge in [0.15, 0.2) is 5.78 Å². The molecule has 3 aromatic rings. The molecular weight excluding hydrogens is 354 g/mol. The predicted molar refractivity (Wildman–Crippen MR) is 95.7 cm³/mol. The number of ketones is 1. The lowest BCUT2D eigenvalue weighted by Gasteiger charge is -2.15. The van der Waals surface area contributed by atoms with Crippen LogP contribution in [0.1, 0.15) is 29.0 Å². The number of hydrogen-bond donors (Lipinski definition) is 1. The maximum Gasteiger partial charge on any atom is 0.179 e. The predicted octanol–water partition coefficient (Wildman–Crippen LogP) is 2.71. The summed E-state index contributed by atoms with van der Waals surface area (Å²) < 4.78 is 3.26. The normalized spacial score (nSPS) is 11.9. The number of rotatable bonds is 6. The Labute approximate surface area is 155 Å². The third-order valence-electron chi connectivity index (χ3n) is 3.98. The Balaban J connectivity index is 1.81. The van der Waals surface area contributed by atoms with E-state index in [0.29, 0.717) is 28.5 Å². The number of nitriles is 1. The van der Waals surface area contributed by atoms with Gasteiger partial charge >= 0.3 is 0 Å². The van der Waals surface area contributed by atoms with Crippen molar-refractivity contribution < 1.29 is 9.90 Å². The largest absolute Gasteiger partial charge is 0.394 e. The fourth-order valence-electron chi connectivity index (χ4n) is 2.55. The van der Waals surface area contributed by atoms with Gasteiger partial charge in [-0.25, -0.2) is 0 Å². The molecule has 1 unspecified atom stereocenters. The lowest BCUT2D eigenvalue weighted by Crippen LogP contribution is -2.20. The summed E-state index contributed by atoms with van der Waals surface area (Å²) in [5.74, 6) is -0.108. The number of Topliss-reactive ketones (excluding diaryl/α,β-unsaturated/α-hetero) is 1. The van der Waals surface area contributed by atoms with Crippen LogP contribution in [0.4, 0.5) is 0 Å². The highest BCUT2D eigenvalue weighted by Crippen LogP contribution is 2.25. The van der Waals surface area contributed by atoms with Crippen molar-refractivity contribution in [1.29, 1.82) is 5.26 Å². The van der Waals surface area contributed by atoms with Gasteiger partial charge in [0.05, 0.1) is 35.5 Å². The number of aliphatic hydroxyl groups excluding tert-OH is 1. The van der Waals surface area contributed by atoms with Gasteiger partial charge in [-0.1, -0.05) is 17.7 Å². The van der Waals surface area contributed by atoms with Crippen LogP contribution in [-0.2, 0) is 6.54 Å². The third-order valence-corrected chi connectivity index (χ3v) is 4.29. The maximum atomic E-state index is 11.3. The fraction of sp³-hybridized carbons (Fsp3) is 0.222. The van der Waals surface area contributed by atoms with Crippen molar-refractivity contribution in [3.05, 3.63) is 59.0 Å². The quantitative estimate of drug-likeness (QED) is 0.674. The number of aromatic nitrogens is 4. The highest BCUT2D eigenvalue weighted by molar-refractivity contribution is 6.32. The molecule has 8 heteroatoms. The Hall–Kier alpha value is -2.95. The Morgan fingerprint density at radius 3 is 2.73 bits per heavy atom. The minimum Gasteiger partial charge on any atom is -0.394 e. The van der Waals surface area contributed by atoms with Crippen LogP contribution >= 0.6 is 11.6 Å². The monoisotopic (exact) mass is 369 g/mol. The van der Waals surface area contributed by atoms with E-state index in [1.165, 1.54) is 6.92 Å². The van der Waals surface area contributed by atoms with E-state index < -0.39 is 0 Å². The summed E-state index contributed by atoms with van der Waals surface area (Å²) in [6.45, 7) is 1.70. The smallest absolute Gasteiger partial charge is 0.179 e. The molecule has 0 amide bonds. The van der Waals surface area contributed by atoms with Crippen molar-refractivity contribution in [2.45, 2.75) is 19.5 Å². The van der Waals surface area contributed by atoms with E-state index in [1.54, 1.807) is 46.0 Å². The Morgan fingerprint density at radius 1 is 1.31 bits per heavy atom. The van der Waals surface area contributed by atoms with Gasteiger partial charge in [0, 0.05) is 24.9 Å². The van der Waals surface area contributed by atoms with Gasteiger partial charge in [-0.15, -0.1) is 0 Å². The average molecular weight is 370 g/mol. The summed E-state index contributed by atoms with van der Waals surface area (Å²) in [5.41, 5.74) is 2.25. The topological polar surface area (TPSA) is 96.7 Å². The van der Waals surface area contributed by atoms with Gasteiger partial charge < -0.3 is 5.11 Å². The maximum absolute atomic E-state index is 11.3. The molecule has 2 aromatic heterocycles. The zero-order valence-corrected chi connectivity index (χ0v) is 14.8. The van der Waals surface area contributed by atoms with Crippen molar-refractivity contribution in [2.75, 3.05) is 6.61 Å². The van der Waals surface area contributed by atoms with Crippen LogP contribution in [0.2, 0.25) is 5.02 Å². The molecular formula is C18H16ClN5O2. The summed E-state index contributed by atoms with van der Waals surface area (Å²) >= 11 is 6.08. The van der Waals surface area contributed by atoms with E-state index in [4.69, 9.17) is 16.9 Å². The highest BCUT2D eigenvalue weighted by atomic mass is 35.5. The molecule has 0 bridgehead atoms. The zero-order chi connectivity index (χ0) is 18.7. The van der Waals surface area contributed by atoms with E-state index >= 15 is 0 Å². The second-order valence-corrected chi connectivity index (χ2v) is 6.21. The summed E-state index contributed by atoms with van der Waals surface area (Å²) in [4.78, 5) is 11.3. The summed E-state index contributed by atoms with van der Waals surface area (Å²) in [6, 6.07) is 10.2. The molecule has 0 spiro atoms. The molecule has 1 atom stereocenters. The SMILES string of the molecule is CC(=O)c1ccn(CC(CO)n2ccc(-c3ccc(C#N)c(Cl)c3)n2)n1. The van der Waals surface area contributed by atoms with E-state index in [2.05, 4.69) is 10.2 Å². The first-order valence-electron chi connectivity index (χ1n) is 7.92. The number of carbonyl (C=O) groups excluding carboxylic acids is 1. The molecule has 3 rings (SSSR count). The van der Waals surface area contributed by atoms with E-state index in [-0.39, 0.29) is 18.4 Å². The molecule has 26 heavy (non-hydrogen) atoms. The van der Waals surface area contributed by atoms with Gasteiger partial charge in [0.1, 0.15) is 11.8 Å². The second kappa shape index (κ2) is 7.52. The van der Waals surface area contributed by atoms with Crippen LogP contribution in [0, 0.1) is 11.3 Å². The zero-order valence-electron chi connectivity index (χ0n) is 14.0. The highest BCUT2D eigenvalue weighted by Gasteiger charge is 2.15. The molecule has 0 radical (unpaired) electrons. The Morgan fingerprint density at radius 2 is 2.12 bits per heavy atom. The summed E-state index contributed by atoms with van der Waals surface area (Å²) in [6.07, 6.45) is 3.46. The Kier molecular flexibility index (Phi) is 5.16. The van der Waals surface area contributed by atoms with Crippen LogP contribution in [0.3, 0.4) is 0 Å². The van der Waals surface area contributed by atoms with E-state index in [1.807, 2.05) is 12.1 Å². The molecule has 0 aliphatic rings. The van der Waals surface area contributed by atoms with Gasteiger partial charge in [-0.05, 0) is 24.3 Å². The minimum atomic E-state index is -0.336. The van der Waals surface area contributed by atoms with Crippen LogP contribution in [0.5, 0.6) is 0 Å². The lowest BCUT2D eigenvalue weighted by molar-refractivity contribution is 0.101. The van der Waals surface area contributed by atoms with E-state index in [0.717, 1.165) is 5.56 Å². The van der Waals surface area contributed by atoms with Crippen molar-refractivity contribution in [3.8, 4) is 17.3 Å². The molecule has 0 aliphatic carbocycles. The molecule has 0 saturated heterocycles. The molecule has 1 aromatic carbocycles. The Bertz CT molecular complexity index is 986. The first kappa shape index (κ1) is 17.9. The standard InChI is InChI=1S/C18H16ClN5O2/c1-12(26)17-4-6-23(21-17)10-15(11-25)24-7-5-18(22-24)13-2-3-14(9-20)16(19)8-13/h2-8,15,25H,10-11H2,1H3. The molecule has 2 heterocycles. The number of nitrogens with zero attached hydrogens (tertiary/aromatic N) is 5. The molecule has 7 nitrogen and oxygen atoms in total. The summed E-state index contributed by atoms with van der Waals surface area (Å²) in [7, 11) is 0. The van der Waals surface area contributed by atoms with Crippen LogP contribution < -0.4 is 0 Å². The number of benzene rings is 1. The number of halogens is 1. The second-order valence-electron chi connectivity index (χ2n) is 5.80. The third kappa shape index (κ3) is 3.67. The van der Waals surface area contributed by atoms with Gasteiger partial charge in [0.2, 0.25) is 0 Å². The number of hydrogen-bond acceptors (Lipinski definition) is 5. The first-order valence-corrected chi connectivity index (χ1v) is 8.30. The molecule has 132 valence electrons. The van der Waals surface area contributed by atoms with Crippen LogP contribution in [0.15, 0.2) is 42.7 Å². The van der Waals surface area contributed by atoms with Gasteiger partial charge in [-0.2, -0.15) is 15.5 Å². The fourth-order valence-corrected chi connectivity index (χ4v) is 2.78. The average Bonchev–Trinajstić information content (AvgIpc) is 3.29. The van der Waals surface area contributed by atoms with Crippen molar-refractivity contribution in [1.82, 2.24) is 19.6 Å². The van der Waals surface area contributed by atoms with Crippen molar-refractivity contribution in [3.63, 3.8) is 0 Å². The van der Waals surface area contributed by atoms with Gasteiger partial charge in [0.25, 0.3) is 0 Å². The molecule has 0 aliphatic heterocycles. The van der Waals surface area contributed by atoms with Gasteiger partial charge in [-0.3, -0.25) is 14.2 Å². The van der Waals surface area contributed by atoms with E-state index in [9.17, 15) is 9.90 Å². The first-order chi connectivity index (χ1) is 12.5. The van der Waals surface area contributed by atoms with Crippen molar-refractivity contribution >= 4 is 17.4 Å². The van der Waals surface area contributed by atoms with Crippen LogP contribution in [0.25, 0.3) is 11.3 Å². The summed E-state index contributed by atoms with van der Waals surface area (Å²) in [5, 5.41) is 27.7. The number of carbonyl (C=O) groups is 1. The van der Waals surface area contributed by atoms with Crippen LogP contribution in [-0.4, -0.2) is 37.1 Å². The lowest BCUT2D eigenvalue weighted by atomic mass is 10.1. The number of aliphatic hydroxyl groups is 1. The molecule has 1 N–H and O–H groups in total.